The van der Waals surface area contributed by atoms with Gasteiger partial charge < -0.3 is 14.7 Å². The zero-order valence-corrected chi connectivity index (χ0v) is 22.4. The van der Waals surface area contributed by atoms with Crippen LogP contribution in [0.25, 0.3) is 0 Å². The normalized spacial score (nSPS) is 16.9. The summed E-state index contributed by atoms with van der Waals surface area (Å²) in [6, 6.07) is 11.4. The van der Waals surface area contributed by atoms with Crippen molar-refractivity contribution in [3.05, 3.63) is 59.4 Å². The van der Waals surface area contributed by atoms with E-state index in [0.29, 0.717) is 23.8 Å². The standard InChI is InChI=1S/C24H25ClN6O4S2/c1-16(30-10-2-3-17-13-18(25)4-9-21(17)30)23(33)29-11-12-31(22(32)14-29)19-5-7-20(8-6-19)37(34,35)28-24-26-15-27-36-24/h4-9,13,15-16H,2-3,10-12,14H2,1H3,(H,26,27,28)/t16-/m1/s1. The van der Waals surface area contributed by atoms with Gasteiger partial charge in [-0.2, -0.15) is 4.37 Å². The molecule has 1 N–H and O–H groups in total. The molecule has 0 radical (unpaired) electrons. The Morgan fingerprint density at radius 3 is 2.62 bits per heavy atom. The average molecular weight is 561 g/mol. The fourth-order valence-electron chi connectivity index (χ4n) is 4.73. The summed E-state index contributed by atoms with van der Waals surface area (Å²) in [5.74, 6) is -0.319. The highest BCUT2D eigenvalue weighted by molar-refractivity contribution is 7.93. The van der Waals surface area contributed by atoms with E-state index in [1.807, 2.05) is 25.1 Å². The van der Waals surface area contributed by atoms with Gasteiger partial charge in [0.1, 0.15) is 18.9 Å². The van der Waals surface area contributed by atoms with Crippen molar-refractivity contribution in [3.8, 4) is 0 Å². The van der Waals surface area contributed by atoms with E-state index in [0.717, 1.165) is 42.2 Å². The van der Waals surface area contributed by atoms with Crippen LogP contribution in [0.3, 0.4) is 0 Å². The molecule has 2 aliphatic heterocycles. The molecule has 37 heavy (non-hydrogen) atoms. The number of piperazine rings is 1. The summed E-state index contributed by atoms with van der Waals surface area (Å²) >= 11 is 7.09. The third-order valence-electron chi connectivity index (χ3n) is 6.60. The average Bonchev–Trinajstić information content (AvgIpc) is 3.39. The molecular weight excluding hydrogens is 536 g/mol. The Hall–Kier alpha value is -3.22. The van der Waals surface area contributed by atoms with Gasteiger partial charge >= 0.3 is 0 Å². The largest absolute Gasteiger partial charge is 0.360 e. The van der Waals surface area contributed by atoms with Crippen LogP contribution in [0.15, 0.2) is 53.7 Å². The number of hydrogen-bond acceptors (Lipinski definition) is 8. The molecule has 10 nitrogen and oxygen atoms in total. The minimum Gasteiger partial charge on any atom is -0.360 e. The molecule has 13 heteroatoms. The number of halogens is 1. The number of hydrogen-bond donors (Lipinski definition) is 1. The van der Waals surface area contributed by atoms with E-state index in [4.69, 9.17) is 11.6 Å². The first-order valence-corrected chi connectivity index (χ1v) is 14.4. The number of amides is 2. The summed E-state index contributed by atoms with van der Waals surface area (Å²) in [6.45, 7) is 3.30. The molecule has 5 rings (SSSR count). The summed E-state index contributed by atoms with van der Waals surface area (Å²) in [6.07, 6.45) is 3.12. The predicted octanol–water partition coefficient (Wildman–Crippen LogP) is 3.01. The van der Waals surface area contributed by atoms with Crippen LogP contribution in [0.2, 0.25) is 5.02 Å². The van der Waals surface area contributed by atoms with E-state index < -0.39 is 16.1 Å². The second-order valence-corrected chi connectivity index (χ2v) is 11.8. The maximum Gasteiger partial charge on any atom is 0.263 e. The minimum absolute atomic E-state index is 0.0386. The van der Waals surface area contributed by atoms with Crippen LogP contribution in [0, 0.1) is 0 Å². The van der Waals surface area contributed by atoms with E-state index in [1.54, 1.807) is 21.9 Å². The molecule has 2 aromatic carbocycles. The Morgan fingerprint density at radius 2 is 1.92 bits per heavy atom. The maximum absolute atomic E-state index is 13.4. The van der Waals surface area contributed by atoms with Gasteiger partial charge in [-0.25, -0.2) is 13.4 Å². The lowest BCUT2D eigenvalue weighted by Gasteiger charge is -2.40. The van der Waals surface area contributed by atoms with Crippen molar-refractivity contribution in [2.75, 3.05) is 40.7 Å². The van der Waals surface area contributed by atoms with Crippen LogP contribution in [0.1, 0.15) is 18.9 Å². The molecule has 0 saturated carbocycles. The molecule has 1 aromatic heterocycles. The van der Waals surface area contributed by atoms with Crippen LogP contribution < -0.4 is 14.5 Å². The van der Waals surface area contributed by atoms with Gasteiger partial charge in [-0.1, -0.05) is 11.6 Å². The summed E-state index contributed by atoms with van der Waals surface area (Å²) in [7, 11) is -3.82. The van der Waals surface area contributed by atoms with Gasteiger partial charge in [0.25, 0.3) is 10.0 Å². The molecule has 0 unspecified atom stereocenters. The number of anilines is 3. The number of aromatic nitrogens is 2. The number of carbonyl (C=O) groups excluding carboxylic acids is 2. The van der Waals surface area contributed by atoms with Gasteiger partial charge in [0.2, 0.25) is 16.9 Å². The Bertz CT molecular complexity index is 1420. The molecule has 1 saturated heterocycles. The highest BCUT2D eigenvalue weighted by Crippen LogP contribution is 2.31. The molecule has 0 spiro atoms. The SMILES string of the molecule is C[C@H](C(=O)N1CCN(c2ccc(S(=O)(=O)Nc3ncns3)cc2)C(=O)C1)N1CCCc2cc(Cl)ccc21. The monoisotopic (exact) mass is 560 g/mol. The number of benzene rings is 2. The van der Waals surface area contributed by atoms with Crippen LogP contribution in [0.5, 0.6) is 0 Å². The third kappa shape index (κ3) is 5.27. The zero-order chi connectivity index (χ0) is 26.2. The zero-order valence-electron chi connectivity index (χ0n) is 20.0. The van der Waals surface area contributed by atoms with E-state index in [1.165, 1.54) is 18.5 Å². The van der Waals surface area contributed by atoms with Crippen molar-refractivity contribution in [2.24, 2.45) is 0 Å². The summed E-state index contributed by atoms with van der Waals surface area (Å²) in [5.41, 5.74) is 2.71. The first kappa shape index (κ1) is 25.4. The van der Waals surface area contributed by atoms with E-state index in [9.17, 15) is 18.0 Å². The van der Waals surface area contributed by atoms with E-state index in [2.05, 4.69) is 19.0 Å². The molecule has 3 aromatic rings. The van der Waals surface area contributed by atoms with E-state index in [-0.39, 0.29) is 28.4 Å². The summed E-state index contributed by atoms with van der Waals surface area (Å²) in [5, 5.41) is 0.853. The van der Waals surface area contributed by atoms with Crippen LogP contribution in [-0.4, -0.2) is 66.7 Å². The number of aryl methyl sites for hydroxylation is 1. The van der Waals surface area contributed by atoms with Gasteiger partial charge in [-0.3, -0.25) is 14.3 Å². The van der Waals surface area contributed by atoms with Crippen molar-refractivity contribution in [3.63, 3.8) is 0 Å². The smallest absolute Gasteiger partial charge is 0.263 e. The first-order valence-electron chi connectivity index (χ1n) is 11.8. The summed E-state index contributed by atoms with van der Waals surface area (Å²) < 4.78 is 31.2. The lowest BCUT2D eigenvalue weighted by atomic mass is 10.00. The molecule has 1 fully saturated rings. The number of carbonyl (C=O) groups is 2. The molecule has 0 aliphatic carbocycles. The summed E-state index contributed by atoms with van der Waals surface area (Å²) in [4.78, 5) is 35.5. The number of nitrogens with zero attached hydrogens (tertiary/aromatic N) is 5. The molecule has 3 heterocycles. The van der Waals surface area contributed by atoms with Crippen LogP contribution in [0.4, 0.5) is 16.5 Å². The Morgan fingerprint density at radius 1 is 1.14 bits per heavy atom. The van der Waals surface area contributed by atoms with E-state index >= 15 is 0 Å². The molecule has 2 aliphatic rings. The van der Waals surface area contributed by atoms with Gasteiger partial charge in [-0.15, -0.1) is 0 Å². The highest BCUT2D eigenvalue weighted by atomic mass is 35.5. The molecule has 0 bridgehead atoms. The lowest BCUT2D eigenvalue weighted by Crippen LogP contribution is -2.57. The Kier molecular flexibility index (Phi) is 7.06. The minimum atomic E-state index is -3.82. The predicted molar refractivity (Wildman–Crippen MR) is 143 cm³/mol. The third-order valence-corrected chi connectivity index (χ3v) is 8.89. The van der Waals surface area contributed by atoms with Gasteiger partial charge in [-0.05, 0) is 67.8 Å². The Balaban J connectivity index is 1.24. The van der Waals surface area contributed by atoms with Crippen molar-refractivity contribution < 1.29 is 18.0 Å². The van der Waals surface area contributed by atoms with Crippen molar-refractivity contribution in [1.82, 2.24) is 14.3 Å². The van der Waals surface area contributed by atoms with Crippen LogP contribution in [-0.2, 0) is 26.0 Å². The number of sulfonamides is 1. The number of nitrogens with one attached hydrogen (secondary N) is 1. The molecule has 2 amide bonds. The highest BCUT2D eigenvalue weighted by Gasteiger charge is 2.34. The second-order valence-electron chi connectivity index (χ2n) is 8.90. The Labute approximate surface area is 224 Å². The number of rotatable bonds is 6. The number of fused-ring (bicyclic) bond motifs is 1. The van der Waals surface area contributed by atoms with Gasteiger partial charge in [0.05, 0.1) is 4.90 Å². The fraction of sp³-hybridized carbons (Fsp3) is 0.333. The van der Waals surface area contributed by atoms with Crippen molar-refractivity contribution >= 4 is 61.5 Å². The maximum atomic E-state index is 13.4. The second kappa shape index (κ2) is 10.3. The van der Waals surface area contributed by atoms with Crippen molar-refractivity contribution in [2.45, 2.75) is 30.7 Å². The lowest BCUT2D eigenvalue weighted by molar-refractivity contribution is -0.137. The van der Waals surface area contributed by atoms with Crippen molar-refractivity contribution in [1.29, 1.82) is 0 Å². The fourth-order valence-corrected chi connectivity index (χ4v) is 6.58. The first-order chi connectivity index (χ1) is 17.7. The topological polar surface area (TPSA) is 116 Å². The molecule has 194 valence electrons. The quantitative estimate of drug-likeness (QED) is 0.492. The molecular formula is C24H25ClN6O4S2. The molecule has 1 atom stereocenters. The van der Waals surface area contributed by atoms with Crippen LogP contribution >= 0.6 is 23.1 Å². The van der Waals surface area contributed by atoms with Gasteiger partial charge in [0.15, 0.2) is 0 Å². The van der Waals surface area contributed by atoms with Gasteiger partial charge in [0, 0.05) is 47.6 Å².